The summed E-state index contributed by atoms with van der Waals surface area (Å²) in [5.74, 6) is 0.366. The van der Waals surface area contributed by atoms with E-state index < -0.39 is 0 Å². The Balaban J connectivity index is 2.15. The second-order valence-corrected chi connectivity index (χ2v) is 4.03. The van der Waals surface area contributed by atoms with Gasteiger partial charge in [-0.1, -0.05) is 0 Å². The lowest BCUT2D eigenvalue weighted by Crippen LogP contribution is -2.27. The van der Waals surface area contributed by atoms with E-state index >= 15 is 0 Å². The highest BCUT2D eigenvalue weighted by atomic mass is 16.2. The molecule has 7 nitrogen and oxygen atoms in total. The number of pyridine rings is 1. The monoisotopic (exact) mass is 256 g/mol. The molecule has 7 heteroatoms. The minimum absolute atomic E-state index is 0.232. The maximum absolute atomic E-state index is 12.1. The molecular weight excluding hydrogens is 244 g/mol. The third kappa shape index (κ3) is 2.74. The van der Waals surface area contributed by atoms with Crippen LogP contribution in [-0.4, -0.2) is 38.0 Å². The third-order valence-corrected chi connectivity index (χ3v) is 2.62. The maximum Gasteiger partial charge on any atom is 0.272 e. The Morgan fingerprint density at radius 1 is 1.53 bits per heavy atom. The fourth-order valence-electron chi connectivity index (χ4n) is 1.60. The fourth-order valence-corrected chi connectivity index (χ4v) is 1.60. The fraction of sp³-hybridized carbons (Fsp3) is 0.250. The number of carbonyl (C=O) groups excluding carboxylic acids is 1. The average Bonchev–Trinajstić information content (AvgIpc) is 2.90. The summed E-state index contributed by atoms with van der Waals surface area (Å²) in [4.78, 5) is 21.7. The van der Waals surface area contributed by atoms with Crippen LogP contribution in [0.2, 0.25) is 0 Å². The van der Waals surface area contributed by atoms with E-state index in [1.807, 2.05) is 6.07 Å². The molecule has 0 aromatic carbocycles. The molecule has 2 aromatic heterocycles. The van der Waals surface area contributed by atoms with Crippen molar-refractivity contribution in [2.75, 3.05) is 7.05 Å². The van der Waals surface area contributed by atoms with Crippen molar-refractivity contribution in [1.29, 1.82) is 5.26 Å². The Morgan fingerprint density at radius 2 is 2.32 bits per heavy atom. The van der Waals surface area contributed by atoms with Crippen molar-refractivity contribution in [3.8, 4) is 6.07 Å². The maximum atomic E-state index is 12.1. The molecule has 0 spiro atoms. The predicted octanol–water partition coefficient (Wildman–Crippen LogP) is 0.652. The number of amides is 1. The molecule has 0 radical (unpaired) electrons. The zero-order valence-electron chi connectivity index (χ0n) is 10.6. The first-order chi connectivity index (χ1) is 9.11. The Hall–Kier alpha value is -2.75. The molecule has 0 bridgehead atoms. The van der Waals surface area contributed by atoms with Crippen molar-refractivity contribution in [1.82, 2.24) is 25.1 Å². The summed E-state index contributed by atoms with van der Waals surface area (Å²) in [5.41, 5.74) is 1.31. The molecule has 0 aliphatic heterocycles. The molecule has 19 heavy (non-hydrogen) atoms. The van der Waals surface area contributed by atoms with E-state index in [-0.39, 0.29) is 5.91 Å². The topological polar surface area (TPSA) is 98.6 Å². The van der Waals surface area contributed by atoms with Gasteiger partial charge in [0.25, 0.3) is 5.91 Å². The van der Waals surface area contributed by atoms with Crippen molar-refractivity contribution >= 4 is 5.91 Å². The lowest BCUT2D eigenvalue weighted by Gasteiger charge is -2.15. The second kappa shape index (κ2) is 5.27. The summed E-state index contributed by atoms with van der Waals surface area (Å²) >= 11 is 0. The van der Waals surface area contributed by atoms with Crippen LogP contribution in [0.1, 0.15) is 27.6 Å². The predicted molar refractivity (Wildman–Crippen MR) is 65.9 cm³/mol. The first-order valence-electron chi connectivity index (χ1n) is 5.59. The second-order valence-electron chi connectivity index (χ2n) is 4.03. The zero-order chi connectivity index (χ0) is 13.8. The molecule has 2 heterocycles. The number of nitrogens with zero attached hydrogens (tertiary/aromatic N) is 5. The highest BCUT2D eigenvalue weighted by Crippen LogP contribution is 2.08. The minimum atomic E-state index is -0.232. The summed E-state index contributed by atoms with van der Waals surface area (Å²) in [6.45, 7) is 2.02. The van der Waals surface area contributed by atoms with Crippen LogP contribution in [0.3, 0.4) is 0 Å². The minimum Gasteiger partial charge on any atom is -0.333 e. The summed E-state index contributed by atoms with van der Waals surface area (Å²) in [5, 5.41) is 15.2. The number of nitriles is 1. The normalized spacial score (nSPS) is 9.95. The zero-order valence-corrected chi connectivity index (χ0v) is 10.6. The molecule has 1 N–H and O–H groups in total. The molecule has 0 saturated carbocycles. The molecular formula is C12H12N6O. The highest BCUT2D eigenvalue weighted by molar-refractivity contribution is 5.92. The van der Waals surface area contributed by atoms with E-state index in [9.17, 15) is 4.79 Å². The van der Waals surface area contributed by atoms with Crippen molar-refractivity contribution in [2.24, 2.45) is 0 Å². The summed E-state index contributed by atoms with van der Waals surface area (Å²) in [7, 11) is 1.65. The largest absolute Gasteiger partial charge is 0.333 e. The van der Waals surface area contributed by atoms with Gasteiger partial charge in [-0.25, -0.2) is 9.97 Å². The van der Waals surface area contributed by atoms with Crippen molar-refractivity contribution < 1.29 is 4.79 Å². The molecule has 0 unspecified atom stereocenters. The number of aryl methyl sites for hydroxylation is 1. The Bertz CT molecular complexity index is 628. The van der Waals surface area contributed by atoms with Gasteiger partial charge in [-0.15, -0.1) is 0 Å². The number of hydrogen-bond acceptors (Lipinski definition) is 5. The number of H-pyrrole nitrogens is 1. The smallest absolute Gasteiger partial charge is 0.272 e. The molecule has 0 fully saturated rings. The number of nitrogens with one attached hydrogen (secondary N) is 1. The molecule has 2 rings (SSSR count). The van der Waals surface area contributed by atoms with Crippen LogP contribution in [-0.2, 0) is 6.54 Å². The van der Waals surface area contributed by atoms with E-state index in [2.05, 4.69) is 20.2 Å². The van der Waals surface area contributed by atoms with Crippen LogP contribution in [0.25, 0.3) is 0 Å². The average molecular weight is 256 g/mol. The third-order valence-electron chi connectivity index (χ3n) is 2.62. The summed E-state index contributed by atoms with van der Waals surface area (Å²) in [6.07, 6.45) is 1.39. The number of hydrogen-bond donors (Lipinski definition) is 1. The molecule has 0 atom stereocenters. The van der Waals surface area contributed by atoms with Gasteiger partial charge in [0.2, 0.25) is 0 Å². The first kappa shape index (κ1) is 12.7. The van der Waals surface area contributed by atoms with Gasteiger partial charge in [0.1, 0.15) is 23.9 Å². The summed E-state index contributed by atoms with van der Waals surface area (Å²) in [6, 6.07) is 5.16. The van der Waals surface area contributed by atoms with Gasteiger partial charge < -0.3 is 4.90 Å². The van der Waals surface area contributed by atoms with Crippen LogP contribution in [0, 0.1) is 18.3 Å². The van der Waals surface area contributed by atoms with Gasteiger partial charge in [0.05, 0.1) is 17.8 Å². The van der Waals surface area contributed by atoms with E-state index in [4.69, 9.17) is 5.26 Å². The number of carbonyl (C=O) groups is 1. The first-order valence-corrected chi connectivity index (χ1v) is 5.59. The van der Waals surface area contributed by atoms with E-state index in [1.54, 1.807) is 26.1 Å². The Morgan fingerprint density at radius 3 is 2.89 bits per heavy atom. The van der Waals surface area contributed by atoms with Crippen LogP contribution >= 0.6 is 0 Å². The number of aromatic nitrogens is 4. The molecule has 0 aliphatic carbocycles. The van der Waals surface area contributed by atoms with Gasteiger partial charge in [0.15, 0.2) is 0 Å². The quantitative estimate of drug-likeness (QED) is 0.869. The van der Waals surface area contributed by atoms with Gasteiger partial charge >= 0.3 is 0 Å². The highest BCUT2D eigenvalue weighted by Gasteiger charge is 2.15. The molecule has 0 aliphatic rings. The van der Waals surface area contributed by atoms with Crippen LogP contribution in [0.15, 0.2) is 18.5 Å². The SMILES string of the molecule is Cc1nc(C(=O)N(C)Cc2ncn[nH]2)ccc1C#N. The van der Waals surface area contributed by atoms with Gasteiger partial charge in [-0.3, -0.25) is 9.89 Å². The molecule has 96 valence electrons. The van der Waals surface area contributed by atoms with E-state index in [0.717, 1.165) is 0 Å². The van der Waals surface area contributed by atoms with Crippen molar-refractivity contribution in [2.45, 2.75) is 13.5 Å². The Labute approximate surface area is 109 Å². The van der Waals surface area contributed by atoms with E-state index in [1.165, 1.54) is 11.2 Å². The van der Waals surface area contributed by atoms with Crippen LogP contribution in [0.5, 0.6) is 0 Å². The molecule has 1 amide bonds. The van der Waals surface area contributed by atoms with Gasteiger partial charge in [0, 0.05) is 7.05 Å². The molecule has 0 saturated heterocycles. The lowest BCUT2D eigenvalue weighted by molar-refractivity contribution is 0.0775. The van der Waals surface area contributed by atoms with Gasteiger partial charge in [-0.05, 0) is 19.1 Å². The molecule has 2 aromatic rings. The standard InChI is InChI=1S/C12H12N6O/c1-8-9(5-13)3-4-10(16-8)12(19)18(2)6-11-14-7-15-17-11/h3-4,7H,6H2,1-2H3,(H,14,15,17). The lowest BCUT2D eigenvalue weighted by atomic mass is 10.2. The van der Waals surface area contributed by atoms with Crippen LogP contribution in [0.4, 0.5) is 0 Å². The van der Waals surface area contributed by atoms with Crippen LogP contribution < -0.4 is 0 Å². The number of rotatable bonds is 3. The van der Waals surface area contributed by atoms with Crippen molar-refractivity contribution in [3.63, 3.8) is 0 Å². The van der Waals surface area contributed by atoms with E-state index in [0.29, 0.717) is 29.3 Å². The van der Waals surface area contributed by atoms with Crippen molar-refractivity contribution in [3.05, 3.63) is 41.2 Å². The number of aromatic amines is 1. The Kier molecular flexibility index (Phi) is 3.52. The summed E-state index contributed by atoms with van der Waals surface area (Å²) < 4.78 is 0. The van der Waals surface area contributed by atoms with Gasteiger partial charge in [-0.2, -0.15) is 10.4 Å².